The number of anilines is 1. The number of carbonyl (C=O) groups is 1. The summed E-state index contributed by atoms with van der Waals surface area (Å²) in [5, 5.41) is 5.48. The van der Waals surface area contributed by atoms with E-state index in [1.165, 1.54) is 18.9 Å². The minimum absolute atomic E-state index is 0.203. The van der Waals surface area contributed by atoms with Gasteiger partial charge in [-0.3, -0.25) is 0 Å². The van der Waals surface area contributed by atoms with E-state index in [1.807, 2.05) is 0 Å². The standard InChI is InChI=1S/C14H18BrFN2O/c15-10-7-8-13(12(16)9-10)18-14(19)17-11-5-3-1-2-4-6-11/h7-9,11H,1-6H2,(H2,17,18,19). The number of hydrogen-bond acceptors (Lipinski definition) is 1. The molecule has 2 N–H and O–H groups in total. The summed E-state index contributed by atoms with van der Waals surface area (Å²) in [5.74, 6) is -0.439. The molecule has 1 aliphatic carbocycles. The molecule has 19 heavy (non-hydrogen) atoms. The van der Waals surface area contributed by atoms with Gasteiger partial charge in [0.2, 0.25) is 0 Å². The third kappa shape index (κ3) is 4.49. The first-order valence-corrected chi connectivity index (χ1v) is 7.47. The quantitative estimate of drug-likeness (QED) is 0.774. The highest BCUT2D eigenvalue weighted by atomic mass is 79.9. The predicted octanol–water partition coefficient (Wildman–Crippen LogP) is 4.43. The molecule has 0 heterocycles. The molecule has 1 fully saturated rings. The highest BCUT2D eigenvalue weighted by molar-refractivity contribution is 9.10. The normalized spacial score (nSPS) is 16.7. The number of benzene rings is 1. The molecule has 5 heteroatoms. The summed E-state index contributed by atoms with van der Waals surface area (Å²) in [6.45, 7) is 0. The van der Waals surface area contributed by atoms with Gasteiger partial charge in [0, 0.05) is 10.5 Å². The first kappa shape index (κ1) is 14.3. The van der Waals surface area contributed by atoms with E-state index >= 15 is 0 Å². The molecule has 0 spiro atoms. The van der Waals surface area contributed by atoms with E-state index in [1.54, 1.807) is 12.1 Å². The van der Waals surface area contributed by atoms with E-state index in [2.05, 4.69) is 26.6 Å². The van der Waals surface area contributed by atoms with E-state index in [4.69, 9.17) is 0 Å². The van der Waals surface area contributed by atoms with Gasteiger partial charge in [-0.05, 0) is 31.0 Å². The molecule has 1 aromatic rings. The third-order valence-electron chi connectivity index (χ3n) is 3.37. The molecule has 1 aliphatic rings. The van der Waals surface area contributed by atoms with Gasteiger partial charge in [-0.25, -0.2) is 9.18 Å². The van der Waals surface area contributed by atoms with Gasteiger partial charge >= 0.3 is 6.03 Å². The molecule has 0 atom stereocenters. The zero-order chi connectivity index (χ0) is 13.7. The van der Waals surface area contributed by atoms with Crippen molar-refractivity contribution in [2.45, 2.75) is 44.6 Å². The first-order valence-electron chi connectivity index (χ1n) is 6.68. The highest BCUT2D eigenvalue weighted by Gasteiger charge is 2.15. The molecule has 1 aromatic carbocycles. The van der Waals surface area contributed by atoms with Crippen LogP contribution in [0.4, 0.5) is 14.9 Å². The zero-order valence-electron chi connectivity index (χ0n) is 10.7. The summed E-state index contributed by atoms with van der Waals surface area (Å²) < 4.78 is 14.2. The second-order valence-corrected chi connectivity index (χ2v) is 5.83. The van der Waals surface area contributed by atoms with Crippen molar-refractivity contribution in [1.82, 2.24) is 5.32 Å². The minimum Gasteiger partial charge on any atom is -0.335 e. The first-order chi connectivity index (χ1) is 9.15. The Balaban J connectivity index is 1.89. The zero-order valence-corrected chi connectivity index (χ0v) is 12.3. The van der Waals surface area contributed by atoms with Crippen molar-refractivity contribution in [3.8, 4) is 0 Å². The lowest BCUT2D eigenvalue weighted by molar-refractivity contribution is 0.247. The molecular weight excluding hydrogens is 311 g/mol. The fourth-order valence-electron chi connectivity index (χ4n) is 2.36. The van der Waals surface area contributed by atoms with Crippen molar-refractivity contribution in [3.05, 3.63) is 28.5 Å². The molecule has 0 unspecified atom stereocenters. The second-order valence-electron chi connectivity index (χ2n) is 4.91. The van der Waals surface area contributed by atoms with Gasteiger partial charge in [0.05, 0.1) is 5.69 Å². The van der Waals surface area contributed by atoms with Crippen molar-refractivity contribution in [2.24, 2.45) is 0 Å². The molecule has 0 saturated heterocycles. The summed E-state index contributed by atoms with van der Waals surface area (Å²) >= 11 is 3.18. The number of nitrogens with one attached hydrogen (secondary N) is 2. The van der Waals surface area contributed by atoms with Gasteiger partial charge in [0.15, 0.2) is 0 Å². The lowest BCUT2D eigenvalue weighted by Gasteiger charge is -2.17. The molecule has 0 radical (unpaired) electrons. The van der Waals surface area contributed by atoms with Gasteiger partial charge < -0.3 is 10.6 Å². The maximum Gasteiger partial charge on any atom is 0.319 e. The van der Waals surface area contributed by atoms with Crippen LogP contribution in [0.3, 0.4) is 0 Å². The molecule has 1 saturated carbocycles. The molecule has 3 nitrogen and oxygen atoms in total. The van der Waals surface area contributed by atoms with Crippen molar-refractivity contribution < 1.29 is 9.18 Å². The van der Waals surface area contributed by atoms with Crippen LogP contribution in [0.5, 0.6) is 0 Å². The van der Waals surface area contributed by atoms with Crippen LogP contribution in [-0.2, 0) is 0 Å². The Bertz CT molecular complexity index is 445. The van der Waals surface area contributed by atoms with E-state index in [9.17, 15) is 9.18 Å². The van der Waals surface area contributed by atoms with Gasteiger partial charge in [0.25, 0.3) is 0 Å². The van der Waals surface area contributed by atoms with Gasteiger partial charge in [-0.1, -0.05) is 41.6 Å². The topological polar surface area (TPSA) is 41.1 Å². The third-order valence-corrected chi connectivity index (χ3v) is 3.86. The maximum atomic E-state index is 13.6. The van der Waals surface area contributed by atoms with Crippen LogP contribution in [-0.4, -0.2) is 12.1 Å². The Morgan fingerprint density at radius 1 is 1.21 bits per heavy atom. The van der Waals surface area contributed by atoms with Gasteiger partial charge in [0.1, 0.15) is 5.82 Å². The molecule has 104 valence electrons. The Morgan fingerprint density at radius 2 is 1.89 bits per heavy atom. The van der Waals surface area contributed by atoms with E-state index in [-0.39, 0.29) is 17.8 Å². The summed E-state index contributed by atoms with van der Waals surface area (Å²) in [5.41, 5.74) is 0.203. The average Bonchev–Trinajstić information content (AvgIpc) is 2.61. The largest absolute Gasteiger partial charge is 0.335 e. The lowest BCUT2D eigenvalue weighted by atomic mass is 10.1. The monoisotopic (exact) mass is 328 g/mol. The fourth-order valence-corrected chi connectivity index (χ4v) is 2.69. The van der Waals surface area contributed by atoms with E-state index in [0.29, 0.717) is 4.47 Å². The van der Waals surface area contributed by atoms with Crippen LogP contribution in [0.25, 0.3) is 0 Å². The van der Waals surface area contributed by atoms with Gasteiger partial charge in [-0.2, -0.15) is 0 Å². The Morgan fingerprint density at radius 3 is 2.53 bits per heavy atom. The molecular formula is C14H18BrFN2O. The molecule has 2 rings (SSSR count). The van der Waals surface area contributed by atoms with Crippen LogP contribution < -0.4 is 10.6 Å². The van der Waals surface area contributed by atoms with Crippen molar-refractivity contribution in [2.75, 3.05) is 5.32 Å². The molecule has 0 aliphatic heterocycles. The molecule has 0 aromatic heterocycles. The SMILES string of the molecule is O=C(Nc1ccc(Br)cc1F)NC1CCCCCC1. The van der Waals surface area contributed by atoms with Crippen molar-refractivity contribution in [1.29, 1.82) is 0 Å². The van der Waals surface area contributed by atoms with Crippen LogP contribution in [0.1, 0.15) is 38.5 Å². The Labute approximate surface area is 121 Å². The summed E-state index contributed by atoms with van der Waals surface area (Å²) in [6, 6.07) is 4.46. The number of halogens is 2. The lowest BCUT2D eigenvalue weighted by Crippen LogP contribution is -2.37. The molecule has 2 amide bonds. The van der Waals surface area contributed by atoms with Crippen LogP contribution in [0, 0.1) is 5.82 Å². The van der Waals surface area contributed by atoms with E-state index < -0.39 is 5.82 Å². The van der Waals surface area contributed by atoms with Crippen molar-refractivity contribution in [3.63, 3.8) is 0 Å². The molecule has 0 bridgehead atoms. The predicted molar refractivity (Wildman–Crippen MR) is 77.7 cm³/mol. The van der Waals surface area contributed by atoms with Gasteiger partial charge in [-0.15, -0.1) is 0 Å². The number of hydrogen-bond donors (Lipinski definition) is 2. The average molecular weight is 329 g/mol. The fraction of sp³-hybridized carbons (Fsp3) is 0.500. The summed E-state index contributed by atoms with van der Waals surface area (Å²) in [7, 11) is 0. The Kier molecular flexibility index (Phi) is 5.19. The van der Waals surface area contributed by atoms with E-state index in [0.717, 1.165) is 25.7 Å². The van der Waals surface area contributed by atoms with Crippen LogP contribution in [0.2, 0.25) is 0 Å². The van der Waals surface area contributed by atoms with Crippen molar-refractivity contribution >= 4 is 27.6 Å². The number of carbonyl (C=O) groups excluding carboxylic acids is 1. The number of rotatable bonds is 2. The minimum atomic E-state index is -0.439. The number of urea groups is 1. The smallest absolute Gasteiger partial charge is 0.319 e. The van der Waals surface area contributed by atoms with Crippen LogP contribution >= 0.6 is 15.9 Å². The second kappa shape index (κ2) is 6.89. The van der Waals surface area contributed by atoms with Crippen LogP contribution in [0.15, 0.2) is 22.7 Å². The summed E-state index contributed by atoms with van der Waals surface area (Å²) in [6.07, 6.45) is 6.80. The number of amides is 2. The highest BCUT2D eigenvalue weighted by Crippen LogP contribution is 2.20. The Hall–Kier alpha value is -1.10. The summed E-state index contributed by atoms with van der Waals surface area (Å²) in [4.78, 5) is 11.8. The maximum absolute atomic E-state index is 13.6.